The number of carbonyl (C=O) groups is 1. The Kier molecular flexibility index (Phi) is 5.59. The Morgan fingerprint density at radius 1 is 1.52 bits per heavy atom. The number of rotatable bonds is 6. The normalized spacial score (nSPS) is 19.0. The minimum Gasteiger partial charge on any atom is -0.475 e. The SMILES string of the molecule is CC(C)Oc1ncccc1CNC(=O)[C@H]1CCCN1S(C)(=O)=O. The fourth-order valence-electron chi connectivity index (χ4n) is 2.59. The highest BCUT2D eigenvalue weighted by molar-refractivity contribution is 7.88. The molecule has 1 aromatic heterocycles. The maximum Gasteiger partial charge on any atom is 0.238 e. The van der Waals surface area contributed by atoms with Crippen LogP contribution in [0.1, 0.15) is 32.3 Å². The largest absolute Gasteiger partial charge is 0.475 e. The fourth-order valence-corrected chi connectivity index (χ4v) is 3.71. The first-order chi connectivity index (χ1) is 10.8. The van der Waals surface area contributed by atoms with E-state index in [4.69, 9.17) is 4.74 Å². The summed E-state index contributed by atoms with van der Waals surface area (Å²) >= 11 is 0. The Bertz CT molecular complexity index is 660. The summed E-state index contributed by atoms with van der Waals surface area (Å²) in [5.41, 5.74) is 0.762. The van der Waals surface area contributed by atoms with Crippen LogP contribution in [0.25, 0.3) is 0 Å². The van der Waals surface area contributed by atoms with Crippen molar-refractivity contribution < 1.29 is 17.9 Å². The van der Waals surface area contributed by atoms with Gasteiger partial charge in [-0.25, -0.2) is 13.4 Å². The Hall–Kier alpha value is -1.67. The first-order valence-corrected chi connectivity index (χ1v) is 9.49. The molecule has 0 unspecified atom stereocenters. The number of nitrogens with zero attached hydrogens (tertiary/aromatic N) is 2. The first kappa shape index (κ1) is 17.7. The second kappa shape index (κ2) is 7.27. The number of sulfonamides is 1. The lowest BCUT2D eigenvalue weighted by Crippen LogP contribution is -2.45. The fraction of sp³-hybridized carbons (Fsp3) is 0.600. The topological polar surface area (TPSA) is 88.6 Å². The minimum atomic E-state index is -3.37. The van der Waals surface area contributed by atoms with E-state index in [9.17, 15) is 13.2 Å². The predicted molar refractivity (Wildman–Crippen MR) is 86.4 cm³/mol. The van der Waals surface area contributed by atoms with Gasteiger partial charge in [-0.1, -0.05) is 6.07 Å². The lowest BCUT2D eigenvalue weighted by Gasteiger charge is -2.21. The molecule has 1 N–H and O–H groups in total. The van der Waals surface area contributed by atoms with E-state index < -0.39 is 16.1 Å². The van der Waals surface area contributed by atoms with E-state index >= 15 is 0 Å². The molecule has 8 heteroatoms. The van der Waals surface area contributed by atoms with Crippen LogP contribution in [0.15, 0.2) is 18.3 Å². The zero-order valence-corrected chi connectivity index (χ0v) is 14.5. The summed E-state index contributed by atoms with van der Waals surface area (Å²) in [7, 11) is -3.37. The molecule has 7 nitrogen and oxygen atoms in total. The van der Waals surface area contributed by atoms with E-state index in [-0.39, 0.29) is 18.6 Å². The maximum atomic E-state index is 12.3. The van der Waals surface area contributed by atoms with Crippen molar-refractivity contribution in [3.63, 3.8) is 0 Å². The summed E-state index contributed by atoms with van der Waals surface area (Å²) in [6.07, 6.45) is 3.98. The van der Waals surface area contributed by atoms with Crippen molar-refractivity contribution in [3.05, 3.63) is 23.9 Å². The summed E-state index contributed by atoms with van der Waals surface area (Å²) in [5.74, 6) is 0.196. The lowest BCUT2D eigenvalue weighted by atomic mass is 10.2. The number of aromatic nitrogens is 1. The van der Waals surface area contributed by atoms with Crippen molar-refractivity contribution in [2.75, 3.05) is 12.8 Å². The van der Waals surface area contributed by atoms with Gasteiger partial charge >= 0.3 is 0 Å². The van der Waals surface area contributed by atoms with Crippen LogP contribution in [-0.4, -0.2) is 48.6 Å². The van der Waals surface area contributed by atoms with Crippen LogP contribution in [0.2, 0.25) is 0 Å². The molecule has 1 fully saturated rings. The summed E-state index contributed by atoms with van der Waals surface area (Å²) in [4.78, 5) is 16.5. The van der Waals surface area contributed by atoms with E-state index in [1.807, 2.05) is 19.9 Å². The monoisotopic (exact) mass is 341 g/mol. The third-order valence-electron chi connectivity index (χ3n) is 3.58. The second-order valence-electron chi connectivity index (χ2n) is 5.88. The molecule has 0 aromatic carbocycles. The third-order valence-corrected chi connectivity index (χ3v) is 4.87. The van der Waals surface area contributed by atoms with E-state index in [0.717, 1.165) is 11.8 Å². The van der Waals surface area contributed by atoms with Crippen molar-refractivity contribution in [2.45, 2.75) is 45.4 Å². The van der Waals surface area contributed by atoms with Crippen molar-refractivity contribution in [2.24, 2.45) is 0 Å². The van der Waals surface area contributed by atoms with Crippen LogP contribution >= 0.6 is 0 Å². The van der Waals surface area contributed by atoms with Crippen LogP contribution in [0, 0.1) is 0 Å². The molecule has 0 bridgehead atoms. The van der Waals surface area contributed by atoms with Crippen molar-refractivity contribution in [3.8, 4) is 5.88 Å². The van der Waals surface area contributed by atoms with Gasteiger partial charge in [0.25, 0.3) is 0 Å². The summed E-state index contributed by atoms with van der Waals surface area (Å²) in [5, 5.41) is 2.79. The number of pyridine rings is 1. The third kappa shape index (κ3) is 4.65. The number of carbonyl (C=O) groups excluding carboxylic acids is 1. The minimum absolute atomic E-state index is 0.0186. The molecule has 2 rings (SSSR count). The summed E-state index contributed by atoms with van der Waals surface area (Å²) < 4.78 is 30.3. The molecular weight excluding hydrogens is 318 g/mol. The van der Waals surface area contributed by atoms with Gasteiger partial charge in [-0.05, 0) is 32.8 Å². The van der Waals surface area contributed by atoms with Crippen LogP contribution in [0.3, 0.4) is 0 Å². The van der Waals surface area contributed by atoms with Crippen molar-refractivity contribution in [1.82, 2.24) is 14.6 Å². The summed E-state index contributed by atoms with van der Waals surface area (Å²) in [6, 6.07) is 2.97. The lowest BCUT2D eigenvalue weighted by molar-refractivity contribution is -0.124. The van der Waals surface area contributed by atoms with Crippen molar-refractivity contribution >= 4 is 15.9 Å². The molecule has 0 saturated carbocycles. The zero-order chi connectivity index (χ0) is 17.0. The van der Waals surface area contributed by atoms with Gasteiger partial charge in [0.05, 0.1) is 12.4 Å². The number of hydrogen-bond acceptors (Lipinski definition) is 5. The van der Waals surface area contributed by atoms with Gasteiger partial charge in [-0.2, -0.15) is 4.31 Å². The average Bonchev–Trinajstić information content (AvgIpc) is 2.95. The van der Waals surface area contributed by atoms with Crippen LogP contribution in [0.4, 0.5) is 0 Å². The Morgan fingerprint density at radius 2 is 2.26 bits per heavy atom. The number of amides is 1. The molecule has 1 aliphatic heterocycles. The van der Waals surface area contributed by atoms with Gasteiger partial charge in [0.15, 0.2) is 0 Å². The van der Waals surface area contributed by atoms with Gasteiger partial charge in [0.1, 0.15) is 6.04 Å². The molecule has 1 aromatic rings. The number of nitrogens with one attached hydrogen (secondary N) is 1. The van der Waals surface area contributed by atoms with Gasteiger partial charge < -0.3 is 10.1 Å². The molecule has 0 radical (unpaired) electrons. The Morgan fingerprint density at radius 3 is 2.91 bits per heavy atom. The molecular formula is C15H23N3O4S. The van der Waals surface area contributed by atoms with E-state index in [1.54, 1.807) is 12.3 Å². The highest BCUT2D eigenvalue weighted by Crippen LogP contribution is 2.21. The molecule has 2 heterocycles. The average molecular weight is 341 g/mol. The van der Waals surface area contributed by atoms with Gasteiger partial charge in [0, 0.05) is 24.8 Å². The quantitative estimate of drug-likeness (QED) is 0.831. The molecule has 1 amide bonds. The summed E-state index contributed by atoms with van der Waals surface area (Å²) in [6.45, 7) is 4.45. The Balaban J connectivity index is 2.02. The van der Waals surface area contributed by atoms with Crippen molar-refractivity contribution in [1.29, 1.82) is 0 Å². The van der Waals surface area contributed by atoms with Crippen LogP contribution < -0.4 is 10.1 Å². The predicted octanol–water partition coefficient (Wildman–Crippen LogP) is 0.909. The molecule has 1 saturated heterocycles. The molecule has 0 aliphatic carbocycles. The highest BCUT2D eigenvalue weighted by atomic mass is 32.2. The number of hydrogen-bond donors (Lipinski definition) is 1. The molecule has 23 heavy (non-hydrogen) atoms. The first-order valence-electron chi connectivity index (χ1n) is 7.64. The van der Waals surface area contributed by atoms with Gasteiger partial charge in [-0.3, -0.25) is 4.79 Å². The second-order valence-corrected chi connectivity index (χ2v) is 7.82. The zero-order valence-electron chi connectivity index (χ0n) is 13.7. The highest BCUT2D eigenvalue weighted by Gasteiger charge is 2.36. The Labute approximate surface area is 137 Å². The van der Waals surface area contributed by atoms with Crippen LogP contribution in [-0.2, 0) is 21.4 Å². The smallest absolute Gasteiger partial charge is 0.238 e. The van der Waals surface area contributed by atoms with E-state index in [0.29, 0.717) is 25.3 Å². The molecule has 0 spiro atoms. The van der Waals surface area contributed by atoms with E-state index in [1.165, 1.54) is 4.31 Å². The number of ether oxygens (including phenoxy) is 1. The standard InChI is InChI=1S/C15H23N3O4S/c1-11(2)22-15-12(6-4-8-16-15)10-17-14(19)13-7-5-9-18(13)23(3,20)21/h4,6,8,11,13H,5,7,9-10H2,1-3H3,(H,17,19)/t13-/m1/s1. The van der Waals surface area contributed by atoms with Crippen LogP contribution in [0.5, 0.6) is 5.88 Å². The molecule has 128 valence electrons. The van der Waals surface area contributed by atoms with E-state index in [2.05, 4.69) is 10.3 Å². The molecule has 1 aliphatic rings. The van der Waals surface area contributed by atoms with Gasteiger partial charge in [-0.15, -0.1) is 0 Å². The molecule has 1 atom stereocenters. The maximum absolute atomic E-state index is 12.3. The van der Waals surface area contributed by atoms with Gasteiger partial charge in [0.2, 0.25) is 21.8 Å².